The van der Waals surface area contributed by atoms with Gasteiger partial charge in [-0.05, 0) is 31.2 Å². The van der Waals surface area contributed by atoms with Gasteiger partial charge < -0.3 is 9.47 Å². The topological polar surface area (TPSA) is 56.5 Å². The van der Waals surface area contributed by atoms with E-state index in [-0.39, 0.29) is 11.6 Å². The molecule has 0 aromatic carbocycles. The first-order chi connectivity index (χ1) is 9.30. The Morgan fingerprint density at radius 1 is 1.53 bits per heavy atom. The second-order valence-electron chi connectivity index (χ2n) is 4.95. The van der Waals surface area contributed by atoms with E-state index in [1.165, 1.54) is 4.88 Å². The summed E-state index contributed by atoms with van der Waals surface area (Å²) in [6.45, 7) is 4.29. The van der Waals surface area contributed by atoms with Crippen LogP contribution in [0.2, 0.25) is 0 Å². The van der Waals surface area contributed by atoms with Crippen molar-refractivity contribution in [1.82, 2.24) is 5.43 Å². The Hall–Kier alpha value is -0.460. The number of hydrogen-bond acceptors (Lipinski definition) is 5. The summed E-state index contributed by atoms with van der Waals surface area (Å²) in [5, 5.41) is 2.12. The van der Waals surface area contributed by atoms with Crippen LogP contribution >= 0.6 is 11.3 Å². The van der Waals surface area contributed by atoms with Gasteiger partial charge in [-0.15, -0.1) is 11.3 Å². The van der Waals surface area contributed by atoms with Crippen molar-refractivity contribution in [2.24, 2.45) is 5.84 Å². The summed E-state index contributed by atoms with van der Waals surface area (Å²) >= 11 is 1.80. The molecule has 0 saturated carbocycles. The summed E-state index contributed by atoms with van der Waals surface area (Å²) in [5.74, 6) is 5.79. The Balaban J connectivity index is 1.99. The van der Waals surface area contributed by atoms with Gasteiger partial charge >= 0.3 is 0 Å². The highest BCUT2D eigenvalue weighted by Crippen LogP contribution is 2.31. The number of nitrogens with two attached hydrogens (primary N) is 1. The molecule has 5 heteroatoms. The molecule has 0 spiro atoms. The van der Waals surface area contributed by atoms with Gasteiger partial charge in [0.1, 0.15) is 0 Å². The lowest BCUT2D eigenvalue weighted by molar-refractivity contribution is -0.127. The van der Waals surface area contributed by atoms with E-state index in [2.05, 4.69) is 22.9 Å². The van der Waals surface area contributed by atoms with Crippen molar-refractivity contribution in [1.29, 1.82) is 0 Å². The van der Waals surface area contributed by atoms with E-state index in [4.69, 9.17) is 15.3 Å². The van der Waals surface area contributed by atoms with Gasteiger partial charge in [0.2, 0.25) is 0 Å². The molecule has 0 radical (unpaired) electrons. The minimum absolute atomic E-state index is 0.168. The van der Waals surface area contributed by atoms with Crippen LogP contribution in [0, 0.1) is 0 Å². The van der Waals surface area contributed by atoms with Crippen molar-refractivity contribution in [2.75, 3.05) is 19.8 Å². The number of rotatable bonds is 7. The number of ether oxygens (including phenoxy) is 2. The standard InChI is InChI=1S/C14H24N2O2S/c1-2-18-14(7-9-17-10-8-14)13(16-15)6-5-12-4-3-11-19-12/h3-4,11,13,16H,2,5-10,15H2,1H3. The molecule has 1 unspecified atom stereocenters. The number of aryl methyl sites for hydroxylation is 1. The van der Waals surface area contributed by atoms with Gasteiger partial charge in [0.05, 0.1) is 11.6 Å². The molecule has 2 heterocycles. The fraction of sp³-hybridized carbons (Fsp3) is 0.714. The van der Waals surface area contributed by atoms with Crippen LogP contribution in [0.25, 0.3) is 0 Å². The van der Waals surface area contributed by atoms with E-state index in [0.717, 1.165) is 45.5 Å². The van der Waals surface area contributed by atoms with Crippen molar-refractivity contribution in [3.05, 3.63) is 22.4 Å². The third-order valence-corrected chi connectivity index (χ3v) is 4.80. The first-order valence-corrected chi connectivity index (χ1v) is 7.89. The zero-order chi connectivity index (χ0) is 13.6. The van der Waals surface area contributed by atoms with Crippen molar-refractivity contribution >= 4 is 11.3 Å². The maximum Gasteiger partial charge on any atom is 0.0891 e. The highest BCUT2D eigenvalue weighted by molar-refractivity contribution is 7.09. The van der Waals surface area contributed by atoms with Crippen molar-refractivity contribution < 1.29 is 9.47 Å². The zero-order valence-electron chi connectivity index (χ0n) is 11.6. The molecule has 0 aliphatic carbocycles. The van der Waals surface area contributed by atoms with E-state index >= 15 is 0 Å². The third-order valence-electron chi connectivity index (χ3n) is 3.87. The molecule has 3 N–H and O–H groups in total. The molecule has 1 aliphatic heterocycles. The molecular weight excluding hydrogens is 260 g/mol. The maximum absolute atomic E-state index is 6.07. The van der Waals surface area contributed by atoms with Gasteiger partial charge in [-0.25, -0.2) is 0 Å². The quantitative estimate of drug-likeness (QED) is 0.595. The molecule has 19 heavy (non-hydrogen) atoms. The molecule has 0 amide bonds. The molecule has 1 fully saturated rings. The lowest BCUT2D eigenvalue weighted by Crippen LogP contribution is -2.57. The molecule has 1 saturated heterocycles. The summed E-state index contributed by atoms with van der Waals surface area (Å²) in [6.07, 6.45) is 3.87. The summed E-state index contributed by atoms with van der Waals surface area (Å²) < 4.78 is 11.5. The second kappa shape index (κ2) is 7.36. The molecule has 1 atom stereocenters. The van der Waals surface area contributed by atoms with Gasteiger partial charge in [0.15, 0.2) is 0 Å². The molecule has 4 nitrogen and oxygen atoms in total. The Morgan fingerprint density at radius 2 is 2.32 bits per heavy atom. The van der Waals surface area contributed by atoms with E-state index in [0.29, 0.717) is 0 Å². The predicted octanol–water partition coefficient (Wildman–Crippen LogP) is 2.10. The lowest BCUT2D eigenvalue weighted by atomic mass is 9.83. The smallest absolute Gasteiger partial charge is 0.0891 e. The van der Waals surface area contributed by atoms with Crippen LogP contribution in [-0.2, 0) is 15.9 Å². The van der Waals surface area contributed by atoms with Crippen LogP contribution in [0.4, 0.5) is 0 Å². The Kier molecular flexibility index (Phi) is 5.78. The molecular formula is C14H24N2O2S. The summed E-state index contributed by atoms with van der Waals surface area (Å²) in [6, 6.07) is 4.45. The van der Waals surface area contributed by atoms with Crippen molar-refractivity contribution in [3.8, 4) is 0 Å². The average Bonchev–Trinajstić information content (AvgIpc) is 2.94. The highest BCUT2D eigenvalue weighted by atomic mass is 32.1. The number of hydrazine groups is 1. The fourth-order valence-corrected chi connectivity index (χ4v) is 3.56. The van der Waals surface area contributed by atoms with E-state index in [9.17, 15) is 0 Å². The summed E-state index contributed by atoms with van der Waals surface area (Å²) in [5.41, 5.74) is 2.82. The molecule has 1 aromatic rings. The Labute approximate surface area is 119 Å². The molecule has 0 bridgehead atoms. The van der Waals surface area contributed by atoms with Crippen LogP contribution in [0.3, 0.4) is 0 Å². The molecule has 108 valence electrons. The second-order valence-corrected chi connectivity index (χ2v) is 5.98. The van der Waals surface area contributed by atoms with Crippen molar-refractivity contribution in [3.63, 3.8) is 0 Å². The largest absolute Gasteiger partial charge is 0.381 e. The Bertz CT molecular complexity index is 345. The van der Waals surface area contributed by atoms with Gasteiger partial charge in [-0.3, -0.25) is 11.3 Å². The first kappa shape index (κ1) is 14.9. The van der Waals surface area contributed by atoms with E-state index in [1.807, 2.05) is 6.92 Å². The molecule has 2 rings (SSSR count). The van der Waals surface area contributed by atoms with E-state index < -0.39 is 0 Å². The number of nitrogens with one attached hydrogen (secondary N) is 1. The number of hydrogen-bond donors (Lipinski definition) is 2. The van der Waals surface area contributed by atoms with Gasteiger partial charge in [0, 0.05) is 37.5 Å². The third kappa shape index (κ3) is 3.77. The molecule has 1 aliphatic rings. The van der Waals surface area contributed by atoms with Crippen LogP contribution < -0.4 is 11.3 Å². The minimum atomic E-state index is -0.168. The summed E-state index contributed by atoms with van der Waals surface area (Å²) in [7, 11) is 0. The fourth-order valence-electron chi connectivity index (χ4n) is 2.84. The zero-order valence-corrected chi connectivity index (χ0v) is 12.4. The number of thiophene rings is 1. The van der Waals surface area contributed by atoms with Crippen molar-refractivity contribution in [2.45, 2.75) is 44.2 Å². The SMILES string of the molecule is CCOC1(C(CCc2cccs2)NN)CCOCC1. The average molecular weight is 284 g/mol. The predicted molar refractivity (Wildman–Crippen MR) is 78.2 cm³/mol. The van der Waals surface area contributed by atoms with E-state index in [1.54, 1.807) is 11.3 Å². The van der Waals surface area contributed by atoms with Crippen LogP contribution in [0.15, 0.2) is 17.5 Å². The van der Waals surface area contributed by atoms with Crippen LogP contribution in [0.5, 0.6) is 0 Å². The first-order valence-electron chi connectivity index (χ1n) is 7.01. The summed E-state index contributed by atoms with van der Waals surface area (Å²) in [4.78, 5) is 1.40. The van der Waals surface area contributed by atoms with Gasteiger partial charge in [0.25, 0.3) is 0 Å². The normalized spacial score (nSPS) is 20.3. The minimum Gasteiger partial charge on any atom is -0.381 e. The van der Waals surface area contributed by atoms with Gasteiger partial charge in [-0.1, -0.05) is 6.07 Å². The lowest BCUT2D eigenvalue weighted by Gasteiger charge is -2.42. The monoisotopic (exact) mass is 284 g/mol. The van der Waals surface area contributed by atoms with Crippen LogP contribution in [0.1, 0.15) is 31.1 Å². The maximum atomic E-state index is 6.07. The van der Waals surface area contributed by atoms with Crippen LogP contribution in [-0.4, -0.2) is 31.5 Å². The molecule has 1 aromatic heterocycles. The Morgan fingerprint density at radius 3 is 2.89 bits per heavy atom. The van der Waals surface area contributed by atoms with Gasteiger partial charge in [-0.2, -0.15) is 0 Å². The highest BCUT2D eigenvalue weighted by Gasteiger charge is 2.40.